The second kappa shape index (κ2) is 8.68. The number of aromatic nitrogens is 2. The van der Waals surface area contributed by atoms with Gasteiger partial charge in [0.25, 0.3) is 5.91 Å². The van der Waals surface area contributed by atoms with Crippen LogP contribution in [0, 0.1) is 0 Å². The van der Waals surface area contributed by atoms with E-state index >= 15 is 0 Å². The molecular formula is C24H22N4O4S. The number of benzene rings is 2. The summed E-state index contributed by atoms with van der Waals surface area (Å²) in [5.41, 5.74) is 1.70. The molecule has 0 unspecified atom stereocenters. The number of nitrogens with zero attached hydrogens (tertiary/aromatic N) is 4. The third kappa shape index (κ3) is 4.08. The van der Waals surface area contributed by atoms with Crippen molar-refractivity contribution in [2.75, 3.05) is 26.2 Å². The number of sulfonamides is 1. The summed E-state index contributed by atoms with van der Waals surface area (Å²) in [7, 11) is -3.59. The maximum atomic E-state index is 13.5. The summed E-state index contributed by atoms with van der Waals surface area (Å²) >= 11 is 0. The molecule has 4 aromatic rings. The van der Waals surface area contributed by atoms with Crippen molar-refractivity contribution in [3.8, 4) is 17.1 Å². The molecule has 5 rings (SSSR count). The van der Waals surface area contributed by atoms with Crippen molar-refractivity contribution in [3.05, 3.63) is 90.8 Å². The van der Waals surface area contributed by atoms with Gasteiger partial charge in [-0.15, -0.1) is 0 Å². The number of furan rings is 1. The standard InChI is InChI=1S/C24H22N4O4S/c29-24(26-13-15-27(16-14-26)33(30,31)20-10-5-2-6-11-20)22-18-21(23-12-7-17-32-23)25-28(22)19-8-3-1-4-9-19/h1-12,17-18H,13-16H2. The second-order valence-corrected chi connectivity index (χ2v) is 9.59. The van der Waals surface area contributed by atoms with E-state index in [1.165, 1.54) is 4.31 Å². The average molecular weight is 463 g/mol. The normalized spacial score (nSPS) is 15.0. The van der Waals surface area contributed by atoms with Crippen LogP contribution in [0.1, 0.15) is 10.5 Å². The van der Waals surface area contributed by atoms with Crippen molar-refractivity contribution in [3.63, 3.8) is 0 Å². The monoisotopic (exact) mass is 462 g/mol. The fourth-order valence-electron chi connectivity index (χ4n) is 3.88. The minimum Gasteiger partial charge on any atom is -0.463 e. The lowest BCUT2D eigenvalue weighted by molar-refractivity contribution is 0.0688. The van der Waals surface area contributed by atoms with Crippen molar-refractivity contribution in [1.29, 1.82) is 0 Å². The van der Waals surface area contributed by atoms with Gasteiger partial charge < -0.3 is 9.32 Å². The lowest BCUT2D eigenvalue weighted by atomic mass is 10.2. The molecule has 0 saturated carbocycles. The lowest BCUT2D eigenvalue weighted by Gasteiger charge is -2.34. The van der Waals surface area contributed by atoms with Gasteiger partial charge >= 0.3 is 0 Å². The Morgan fingerprint density at radius 3 is 2.15 bits per heavy atom. The molecule has 0 spiro atoms. The van der Waals surface area contributed by atoms with E-state index in [2.05, 4.69) is 5.10 Å². The molecule has 168 valence electrons. The van der Waals surface area contributed by atoms with Gasteiger partial charge in [0, 0.05) is 32.2 Å². The summed E-state index contributed by atoms with van der Waals surface area (Å²) in [5, 5.41) is 4.60. The third-order valence-electron chi connectivity index (χ3n) is 5.61. The van der Waals surface area contributed by atoms with Gasteiger partial charge in [-0.25, -0.2) is 13.1 Å². The maximum absolute atomic E-state index is 13.5. The van der Waals surface area contributed by atoms with E-state index in [1.807, 2.05) is 30.3 Å². The highest BCUT2D eigenvalue weighted by atomic mass is 32.2. The van der Waals surface area contributed by atoms with Gasteiger partial charge in [0.15, 0.2) is 5.76 Å². The van der Waals surface area contributed by atoms with Gasteiger partial charge in [0.1, 0.15) is 11.4 Å². The van der Waals surface area contributed by atoms with Crippen molar-refractivity contribution >= 4 is 15.9 Å². The molecule has 8 nitrogen and oxygen atoms in total. The Morgan fingerprint density at radius 2 is 1.52 bits per heavy atom. The predicted molar refractivity (Wildman–Crippen MR) is 122 cm³/mol. The van der Waals surface area contributed by atoms with Crippen molar-refractivity contribution < 1.29 is 17.6 Å². The first-order chi connectivity index (χ1) is 16.0. The van der Waals surface area contributed by atoms with E-state index in [0.29, 0.717) is 30.2 Å². The lowest BCUT2D eigenvalue weighted by Crippen LogP contribution is -2.50. The van der Waals surface area contributed by atoms with Crippen LogP contribution in [-0.2, 0) is 10.0 Å². The summed E-state index contributed by atoms with van der Waals surface area (Å²) in [6.45, 7) is 1.04. The zero-order valence-corrected chi connectivity index (χ0v) is 18.6. The van der Waals surface area contributed by atoms with E-state index in [1.54, 1.807) is 64.4 Å². The molecule has 1 aliphatic heterocycles. The van der Waals surface area contributed by atoms with Crippen LogP contribution in [0.5, 0.6) is 0 Å². The Hall–Kier alpha value is -3.69. The number of carbonyl (C=O) groups is 1. The van der Waals surface area contributed by atoms with Crippen LogP contribution in [0.15, 0.2) is 94.4 Å². The van der Waals surface area contributed by atoms with Gasteiger partial charge in [0.05, 0.1) is 16.8 Å². The van der Waals surface area contributed by atoms with Gasteiger partial charge in [-0.2, -0.15) is 9.40 Å². The number of amides is 1. The Morgan fingerprint density at radius 1 is 0.848 bits per heavy atom. The number of piperazine rings is 1. The first-order valence-corrected chi connectivity index (χ1v) is 12.0. The molecule has 0 N–H and O–H groups in total. The fourth-order valence-corrected chi connectivity index (χ4v) is 5.32. The summed E-state index contributed by atoms with van der Waals surface area (Å²) < 4.78 is 34.3. The SMILES string of the molecule is O=C(c1cc(-c2ccco2)nn1-c1ccccc1)N1CCN(S(=O)(=O)c2ccccc2)CC1. The van der Waals surface area contributed by atoms with Crippen LogP contribution in [0.4, 0.5) is 0 Å². The van der Waals surface area contributed by atoms with Crippen LogP contribution in [-0.4, -0.2) is 59.5 Å². The van der Waals surface area contributed by atoms with E-state index < -0.39 is 10.0 Å². The van der Waals surface area contributed by atoms with E-state index in [-0.39, 0.29) is 23.9 Å². The molecule has 1 saturated heterocycles. The molecule has 2 aromatic carbocycles. The number of rotatable bonds is 5. The van der Waals surface area contributed by atoms with Crippen molar-refractivity contribution in [2.24, 2.45) is 0 Å². The van der Waals surface area contributed by atoms with E-state index in [9.17, 15) is 13.2 Å². The summed E-state index contributed by atoms with van der Waals surface area (Å²) in [5.74, 6) is 0.360. The van der Waals surface area contributed by atoms with Crippen molar-refractivity contribution in [2.45, 2.75) is 4.90 Å². The quantitative estimate of drug-likeness (QED) is 0.454. The molecule has 0 atom stereocenters. The van der Waals surface area contributed by atoms with E-state index in [4.69, 9.17) is 4.42 Å². The number of para-hydroxylation sites is 1. The second-order valence-electron chi connectivity index (χ2n) is 7.65. The highest BCUT2D eigenvalue weighted by Crippen LogP contribution is 2.24. The molecule has 2 aromatic heterocycles. The molecule has 0 aliphatic carbocycles. The highest BCUT2D eigenvalue weighted by Gasteiger charge is 2.32. The van der Waals surface area contributed by atoms with Crippen LogP contribution >= 0.6 is 0 Å². The van der Waals surface area contributed by atoms with Crippen LogP contribution < -0.4 is 0 Å². The number of hydrogen-bond donors (Lipinski definition) is 0. The number of hydrogen-bond acceptors (Lipinski definition) is 5. The van der Waals surface area contributed by atoms with Crippen LogP contribution in [0.2, 0.25) is 0 Å². The first-order valence-electron chi connectivity index (χ1n) is 10.6. The Balaban J connectivity index is 1.39. The molecule has 1 amide bonds. The molecule has 1 fully saturated rings. The zero-order valence-electron chi connectivity index (χ0n) is 17.7. The van der Waals surface area contributed by atoms with E-state index in [0.717, 1.165) is 5.69 Å². The average Bonchev–Trinajstić information content (AvgIpc) is 3.55. The molecule has 0 radical (unpaired) electrons. The summed E-state index contributed by atoms with van der Waals surface area (Å²) in [6, 6.07) is 23.0. The van der Waals surface area contributed by atoms with Gasteiger partial charge in [-0.05, 0) is 36.4 Å². The first kappa shape index (κ1) is 21.2. The summed E-state index contributed by atoms with van der Waals surface area (Å²) in [4.78, 5) is 15.4. The van der Waals surface area contributed by atoms with Crippen LogP contribution in [0.25, 0.3) is 17.1 Å². The molecule has 9 heteroatoms. The predicted octanol–water partition coefficient (Wildman–Crippen LogP) is 3.28. The Bertz CT molecular complexity index is 1340. The fraction of sp³-hybridized carbons (Fsp3) is 0.167. The minimum atomic E-state index is -3.59. The van der Waals surface area contributed by atoms with Gasteiger partial charge in [-0.1, -0.05) is 36.4 Å². The van der Waals surface area contributed by atoms with Gasteiger partial charge in [0.2, 0.25) is 10.0 Å². The van der Waals surface area contributed by atoms with Gasteiger partial charge in [-0.3, -0.25) is 4.79 Å². The Labute approximate surface area is 191 Å². The topological polar surface area (TPSA) is 88.7 Å². The molecule has 0 bridgehead atoms. The Kier molecular flexibility index (Phi) is 5.57. The molecular weight excluding hydrogens is 440 g/mol. The maximum Gasteiger partial charge on any atom is 0.272 e. The third-order valence-corrected chi connectivity index (χ3v) is 7.52. The minimum absolute atomic E-state index is 0.207. The zero-order chi connectivity index (χ0) is 22.8. The van der Waals surface area contributed by atoms with Crippen molar-refractivity contribution in [1.82, 2.24) is 19.0 Å². The van der Waals surface area contributed by atoms with Crippen LogP contribution in [0.3, 0.4) is 0 Å². The highest BCUT2D eigenvalue weighted by molar-refractivity contribution is 7.89. The summed E-state index contributed by atoms with van der Waals surface area (Å²) in [6.07, 6.45) is 1.56. The molecule has 1 aliphatic rings. The molecule has 3 heterocycles. The largest absolute Gasteiger partial charge is 0.463 e. The smallest absolute Gasteiger partial charge is 0.272 e. The number of carbonyl (C=O) groups excluding carboxylic acids is 1. The molecule has 33 heavy (non-hydrogen) atoms.